The van der Waals surface area contributed by atoms with E-state index in [2.05, 4.69) is 36.5 Å². The van der Waals surface area contributed by atoms with Crippen LogP contribution in [0.15, 0.2) is 30.3 Å². The zero-order valence-electron chi connectivity index (χ0n) is 9.95. The Balaban J connectivity index is 1.86. The maximum absolute atomic E-state index is 9.36. The fourth-order valence-electron chi connectivity index (χ4n) is 2.26. The molecule has 0 heterocycles. The molecular weight excluding hydrogens is 198 g/mol. The molecular formula is C14H21NO. The standard InChI is InChI=1S/C14H21NO/c1-12(13-6-3-2-4-7-13)10-15-14(11-16)8-5-9-14/h2-4,6-7,12,15-16H,5,8-11H2,1H3/t12-/m1/s1. The van der Waals surface area contributed by atoms with E-state index in [1.165, 1.54) is 12.0 Å². The highest BCUT2D eigenvalue weighted by molar-refractivity contribution is 5.19. The number of hydrogen-bond acceptors (Lipinski definition) is 2. The van der Waals surface area contributed by atoms with Crippen LogP contribution < -0.4 is 5.32 Å². The number of benzene rings is 1. The van der Waals surface area contributed by atoms with Crippen molar-refractivity contribution in [3.05, 3.63) is 35.9 Å². The second-order valence-corrected chi connectivity index (χ2v) is 4.98. The zero-order valence-corrected chi connectivity index (χ0v) is 9.95. The topological polar surface area (TPSA) is 32.3 Å². The molecule has 1 aliphatic rings. The van der Waals surface area contributed by atoms with Gasteiger partial charge in [-0.15, -0.1) is 0 Å². The third-order valence-electron chi connectivity index (χ3n) is 3.77. The molecule has 88 valence electrons. The minimum Gasteiger partial charge on any atom is -0.394 e. The predicted octanol–water partition coefficient (Wildman–Crippen LogP) is 2.29. The molecule has 1 atom stereocenters. The molecule has 0 aliphatic heterocycles. The van der Waals surface area contributed by atoms with Gasteiger partial charge in [-0.3, -0.25) is 0 Å². The van der Waals surface area contributed by atoms with E-state index in [1.807, 2.05) is 6.07 Å². The van der Waals surface area contributed by atoms with Crippen LogP contribution in [0.4, 0.5) is 0 Å². The maximum Gasteiger partial charge on any atom is 0.0613 e. The van der Waals surface area contributed by atoms with Gasteiger partial charge in [0.15, 0.2) is 0 Å². The summed E-state index contributed by atoms with van der Waals surface area (Å²) < 4.78 is 0. The monoisotopic (exact) mass is 219 g/mol. The average molecular weight is 219 g/mol. The SMILES string of the molecule is C[C@H](CNC1(CO)CCC1)c1ccccc1. The van der Waals surface area contributed by atoms with Gasteiger partial charge < -0.3 is 10.4 Å². The summed E-state index contributed by atoms with van der Waals surface area (Å²) in [7, 11) is 0. The molecule has 1 saturated carbocycles. The molecule has 1 fully saturated rings. The van der Waals surface area contributed by atoms with E-state index >= 15 is 0 Å². The minimum absolute atomic E-state index is 0.0308. The smallest absolute Gasteiger partial charge is 0.0613 e. The molecule has 0 saturated heterocycles. The third-order valence-corrected chi connectivity index (χ3v) is 3.77. The molecule has 1 aliphatic carbocycles. The van der Waals surface area contributed by atoms with Gasteiger partial charge in [0.05, 0.1) is 6.61 Å². The Morgan fingerprint density at radius 1 is 1.31 bits per heavy atom. The highest BCUT2D eigenvalue weighted by Crippen LogP contribution is 2.31. The summed E-state index contributed by atoms with van der Waals surface area (Å²) in [5.41, 5.74) is 1.39. The molecule has 2 nitrogen and oxygen atoms in total. The van der Waals surface area contributed by atoms with Crippen molar-refractivity contribution in [2.24, 2.45) is 0 Å². The molecule has 2 rings (SSSR count). The van der Waals surface area contributed by atoms with Gasteiger partial charge in [0.1, 0.15) is 0 Å². The fourth-order valence-corrected chi connectivity index (χ4v) is 2.26. The molecule has 0 unspecified atom stereocenters. The van der Waals surface area contributed by atoms with Crippen molar-refractivity contribution >= 4 is 0 Å². The van der Waals surface area contributed by atoms with Crippen molar-refractivity contribution in [1.82, 2.24) is 5.32 Å². The van der Waals surface area contributed by atoms with Gasteiger partial charge >= 0.3 is 0 Å². The van der Waals surface area contributed by atoms with E-state index in [0.29, 0.717) is 5.92 Å². The van der Waals surface area contributed by atoms with E-state index in [9.17, 15) is 5.11 Å². The first kappa shape index (κ1) is 11.6. The number of hydrogen-bond donors (Lipinski definition) is 2. The van der Waals surface area contributed by atoms with Crippen molar-refractivity contribution < 1.29 is 5.11 Å². The third kappa shape index (κ3) is 2.45. The van der Waals surface area contributed by atoms with Gasteiger partial charge in [0.25, 0.3) is 0 Å². The summed E-state index contributed by atoms with van der Waals surface area (Å²) >= 11 is 0. The second kappa shape index (κ2) is 4.98. The molecule has 0 bridgehead atoms. The normalized spacial score (nSPS) is 20.1. The van der Waals surface area contributed by atoms with Gasteiger partial charge in [0, 0.05) is 12.1 Å². The van der Waals surface area contributed by atoms with Gasteiger partial charge in [-0.25, -0.2) is 0 Å². The Labute approximate surface area is 97.7 Å². The number of rotatable bonds is 5. The van der Waals surface area contributed by atoms with Crippen LogP contribution in [0, 0.1) is 0 Å². The first-order valence-electron chi connectivity index (χ1n) is 6.17. The van der Waals surface area contributed by atoms with Crippen LogP contribution in [-0.2, 0) is 0 Å². The molecule has 16 heavy (non-hydrogen) atoms. The molecule has 1 aromatic rings. The summed E-state index contributed by atoms with van der Waals surface area (Å²) in [6, 6.07) is 10.5. The largest absolute Gasteiger partial charge is 0.394 e. The summed E-state index contributed by atoms with van der Waals surface area (Å²) in [5.74, 6) is 0.505. The maximum atomic E-state index is 9.36. The molecule has 1 aromatic carbocycles. The van der Waals surface area contributed by atoms with E-state index in [4.69, 9.17) is 0 Å². The number of nitrogens with one attached hydrogen (secondary N) is 1. The van der Waals surface area contributed by atoms with E-state index in [0.717, 1.165) is 19.4 Å². The molecule has 0 spiro atoms. The first-order valence-corrected chi connectivity index (χ1v) is 6.17. The summed E-state index contributed by atoms with van der Waals surface area (Å²) in [6.45, 7) is 3.45. The van der Waals surface area contributed by atoms with Crippen LogP contribution in [0.2, 0.25) is 0 Å². The molecule has 2 N–H and O–H groups in total. The van der Waals surface area contributed by atoms with E-state index in [-0.39, 0.29) is 12.1 Å². The van der Waals surface area contributed by atoms with Crippen molar-refractivity contribution in [2.45, 2.75) is 37.6 Å². The van der Waals surface area contributed by atoms with Crippen molar-refractivity contribution in [3.8, 4) is 0 Å². The van der Waals surface area contributed by atoms with Crippen molar-refractivity contribution in [2.75, 3.05) is 13.2 Å². The lowest BCUT2D eigenvalue weighted by atomic mass is 9.77. The number of aliphatic hydroxyl groups is 1. The zero-order chi connectivity index (χ0) is 11.4. The lowest BCUT2D eigenvalue weighted by Gasteiger charge is -2.42. The van der Waals surface area contributed by atoms with Gasteiger partial charge in [-0.2, -0.15) is 0 Å². The minimum atomic E-state index is 0.0308. The average Bonchev–Trinajstić information content (AvgIpc) is 2.29. The number of aliphatic hydroxyl groups excluding tert-OH is 1. The Morgan fingerprint density at radius 3 is 2.50 bits per heavy atom. The predicted molar refractivity (Wildman–Crippen MR) is 66.5 cm³/mol. The van der Waals surface area contributed by atoms with Crippen molar-refractivity contribution in [1.29, 1.82) is 0 Å². The van der Waals surface area contributed by atoms with Crippen LogP contribution in [0.5, 0.6) is 0 Å². The first-order chi connectivity index (χ1) is 7.76. The van der Waals surface area contributed by atoms with Crippen molar-refractivity contribution in [3.63, 3.8) is 0 Å². The highest BCUT2D eigenvalue weighted by Gasteiger charge is 2.35. The second-order valence-electron chi connectivity index (χ2n) is 4.98. The van der Waals surface area contributed by atoms with Crippen LogP contribution >= 0.6 is 0 Å². The lowest BCUT2D eigenvalue weighted by molar-refractivity contribution is 0.0878. The fraction of sp³-hybridized carbons (Fsp3) is 0.571. The van der Waals surface area contributed by atoms with Crippen LogP contribution in [-0.4, -0.2) is 23.8 Å². The Morgan fingerprint density at radius 2 is 2.00 bits per heavy atom. The Bertz CT molecular complexity index is 313. The molecule has 2 heteroatoms. The Hall–Kier alpha value is -0.860. The molecule has 0 amide bonds. The van der Waals surface area contributed by atoms with Gasteiger partial charge in [-0.05, 0) is 30.7 Å². The quantitative estimate of drug-likeness (QED) is 0.796. The highest BCUT2D eigenvalue weighted by atomic mass is 16.3. The van der Waals surface area contributed by atoms with Crippen LogP contribution in [0.3, 0.4) is 0 Å². The van der Waals surface area contributed by atoms with Crippen LogP contribution in [0.1, 0.15) is 37.7 Å². The van der Waals surface area contributed by atoms with E-state index < -0.39 is 0 Å². The van der Waals surface area contributed by atoms with E-state index in [1.54, 1.807) is 0 Å². The summed E-state index contributed by atoms with van der Waals surface area (Å²) in [4.78, 5) is 0. The van der Waals surface area contributed by atoms with Crippen LogP contribution in [0.25, 0.3) is 0 Å². The lowest BCUT2D eigenvalue weighted by Crippen LogP contribution is -2.54. The molecule has 0 radical (unpaired) electrons. The Kier molecular flexibility index (Phi) is 3.62. The molecule has 0 aromatic heterocycles. The van der Waals surface area contributed by atoms with Gasteiger partial charge in [0.2, 0.25) is 0 Å². The van der Waals surface area contributed by atoms with Gasteiger partial charge in [-0.1, -0.05) is 37.3 Å². The summed E-state index contributed by atoms with van der Waals surface area (Å²) in [6.07, 6.45) is 3.48. The summed E-state index contributed by atoms with van der Waals surface area (Å²) in [5, 5.41) is 12.9.